The van der Waals surface area contributed by atoms with Crippen molar-refractivity contribution in [2.24, 2.45) is 0 Å². The normalized spacial score (nSPS) is 32.7. The molecule has 2 fully saturated rings. The summed E-state index contributed by atoms with van der Waals surface area (Å²) in [7, 11) is 0. The molecule has 0 N–H and O–H groups in total. The number of alkyl halides is 1. The largest absolute Gasteiger partial charge is 0.444 e. The number of hydrogen-bond donors (Lipinski definition) is 0. The molecule has 0 radical (unpaired) electrons. The van der Waals surface area contributed by atoms with Crippen LogP contribution in [0.25, 0.3) is 0 Å². The first-order valence-corrected chi connectivity index (χ1v) is 7.17. The van der Waals surface area contributed by atoms with E-state index in [1.807, 2.05) is 25.7 Å². The maximum Gasteiger partial charge on any atom is 0.410 e. The van der Waals surface area contributed by atoms with Crippen molar-refractivity contribution >= 4 is 22.0 Å². The first-order chi connectivity index (χ1) is 7.85. The third-order valence-corrected chi connectivity index (χ3v) is 4.26. The molecule has 1 amide bonds. The number of fused-ring (bicyclic) bond motifs is 2. The Hall–Kier alpha value is -0.290. The molecule has 0 aromatic rings. The van der Waals surface area contributed by atoms with Crippen LogP contribution in [-0.4, -0.2) is 46.7 Å². The number of carbonyl (C=O) groups is 1. The van der Waals surface area contributed by atoms with Gasteiger partial charge in [0.1, 0.15) is 5.60 Å². The summed E-state index contributed by atoms with van der Waals surface area (Å²) in [6.45, 7) is 7.05. The Morgan fingerprint density at radius 1 is 1.59 bits per heavy atom. The zero-order valence-corrected chi connectivity index (χ0v) is 12.2. The first-order valence-electron chi connectivity index (χ1n) is 6.05. The lowest BCUT2D eigenvalue weighted by Gasteiger charge is -2.29. The summed E-state index contributed by atoms with van der Waals surface area (Å²) in [5.74, 6) is 0. The topological polar surface area (TPSA) is 38.8 Å². The molecule has 2 aliphatic heterocycles. The van der Waals surface area contributed by atoms with Crippen LogP contribution >= 0.6 is 15.9 Å². The second-order valence-corrected chi connectivity index (χ2v) is 6.48. The molecule has 0 saturated carbocycles. The molecule has 17 heavy (non-hydrogen) atoms. The van der Waals surface area contributed by atoms with E-state index >= 15 is 0 Å². The predicted octanol–water partition coefficient (Wildman–Crippen LogP) is 2.55. The number of amides is 1. The van der Waals surface area contributed by atoms with Crippen molar-refractivity contribution in [2.45, 2.75) is 50.9 Å². The van der Waals surface area contributed by atoms with Gasteiger partial charge in [-0.3, -0.25) is 0 Å². The summed E-state index contributed by atoms with van der Waals surface area (Å²) in [5, 5.41) is 0.774. The highest BCUT2D eigenvalue weighted by atomic mass is 79.9. The standard InChI is InChI=1S/C12H20BrNO3/c1-11(2,3)17-10(15)14-8-12(7-13)6-9(14)4-5-16-12/h9H,4-8H2,1-3H3. The van der Waals surface area contributed by atoms with Gasteiger partial charge in [0, 0.05) is 18.0 Å². The van der Waals surface area contributed by atoms with Gasteiger partial charge in [-0.25, -0.2) is 4.79 Å². The second-order valence-electron chi connectivity index (χ2n) is 5.92. The highest BCUT2D eigenvalue weighted by Crippen LogP contribution is 2.38. The minimum Gasteiger partial charge on any atom is -0.444 e. The van der Waals surface area contributed by atoms with Crippen molar-refractivity contribution in [3.63, 3.8) is 0 Å². The van der Waals surface area contributed by atoms with E-state index in [2.05, 4.69) is 15.9 Å². The van der Waals surface area contributed by atoms with Crippen LogP contribution in [0.2, 0.25) is 0 Å². The highest BCUT2D eigenvalue weighted by Gasteiger charge is 2.49. The van der Waals surface area contributed by atoms with Crippen LogP contribution in [-0.2, 0) is 9.47 Å². The number of likely N-dealkylation sites (tertiary alicyclic amines) is 1. The molecule has 98 valence electrons. The molecule has 5 heteroatoms. The average molecular weight is 306 g/mol. The van der Waals surface area contributed by atoms with E-state index in [9.17, 15) is 4.79 Å². The summed E-state index contributed by atoms with van der Waals surface area (Å²) in [6, 6.07) is 0.274. The smallest absolute Gasteiger partial charge is 0.410 e. The summed E-state index contributed by atoms with van der Waals surface area (Å²) in [4.78, 5) is 13.9. The SMILES string of the molecule is CC(C)(C)OC(=O)N1CC2(CBr)CC1CCO2. The van der Waals surface area contributed by atoms with Crippen molar-refractivity contribution in [1.29, 1.82) is 0 Å². The minimum atomic E-state index is -0.434. The molecule has 2 aliphatic rings. The van der Waals surface area contributed by atoms with Crippen LogP contribution < -0.4 is 0 Å². The number of hydrogen-bond acceptors (Lipinski definition) is 3. The van der Waals surface area contributed by atoms with E-state index in [1.165, 1.54) is 0 Å². The third kappa shape index (κ3) is 2.76. The van der Waals surface area contributed by atoms with Crippen molar-refractivity contribution in [3.05, 3.63) is 0 Å². The van der Waals surface area contributed by atoms with Crippen LogP contribution in [0.15, 0.2) is 0 Å². The molecule has 2 bridgehead atoms. The fourth-order valence-electron chi connectivity index (χ4n) is 2.49. The van der Waals surface area contributed by atoms with Crippen molar-refractivity contribution < 1.29 is 14.3 Å². The lowest BCUT2D eigenvalue weighted by molar-refractivity contribution is -0.0330. The van der Waals surface area contributed by atoms with Gasteiger partial charge in [-0.1, -0.05) is 15.9 Å². The van der Waals surface area contributed by atoms with Crippen LogP contribution in [0.3, 0.4) is 0 Å². The van der Waals surface area contributed by atoms with Crippen molar-refractivity contribution in [2.75, 3.05) is 18.5 Å². The molecule has 2 rings (SSSR count). The maximum absolute atomic E-state index is 12.1. The molecule has 0 aromatic carbocycles. The van der Waals surface area contributed by atoms with Gasteiger partial charge in [-0.05, 0) is 33.6 Å². The summed E-state index contributed by atoms with van der Waals surface area (Å²) in [6.07, 6.45) is 1.61. The van der Waals surface area contributed by atoms with Gasteiger partial charge >= 0.3 is 6.09 Å². The van der Waals surface area contributed by atoms with Gasteiger partial charge in [0.15, 0.2) is 0 Å². The number of rotatable bonds is 1. The van der Waals surface area contributed by atoms with Gasteiger partial charge in [-0.15, -0.1) is 0 Å². The zero-order chi connectivity index (χ0) is 12.7. The molecule has 0 aliphatic carbocycles. The molecule has 0 spiro atoms. The Morgan fingerprint density at radius 3 is 2.82 bits per heavy atom. The van der Waals surface area contributed by atoms with Gasteiger partial charge in [0.2, 0.25) is 0 Å². The van der Waals surface area contributed by atoms with Crippen molar-refractivity contribution in [1.82, 2.24) is 4.90 Å². The van der Waals surface area contributed by atoms with Crippen LogP contribution in [0, 0.1) is 0 Å². The Balaban J connectivity index is 2.06. The molecule has 0 aromatic heterocycles. The van der Waals surface area contributed by atoms with E-state index in [0.717, 1.165) is 24.8 Å². The highest BCUT2D eigenvalue weighted by molar-refractivity contribution is 9.09. The van der Waals surface area contributed by atoms with Gasteiger partial charge in [-0.2, -0.15) is 0 Å². The molecule has 4 nitrogen and oxygen atoms in total. The number of ether oxygens (including phenoxy) is 2. The fourth-order valence-corrected chi connectivity index (χ4v) is 3.06. The third-order valence-electron chi connectivity index (χ3n) is 3.24. The average Bonchev–Trinajstić information content (AvgIpc) is 2.49. The summed E-state index contributed by atoms with van der Waals surface area (Å²) in [5.41, 5.74) is -0.629. The van der Waals surface area contributed by atoms with Gasteiger partial charge in [0.25, 0.3) is 0 Å². The van der Waals surface area contributed by atoms with Crippen LogP contribution in [0.5, 0.6) is 0 Å². The number of halogens is 1. The Kier molecular flexibility index (Phi) is 3.42. The lowest BCUT2D eigenvalue weighted by Crippen LogP contribution is -2.41. The predicted molar refractivity (Wildman–Crippen MR) is 68.4 cm³/mol. The molecule has 2 heterocycles. The summed E-state index contributed by atoms with van der Waals surface area (Å²) >= 11 is 3.49. The van der Waals surface area contributed by atoms with E-state index in [-0.39, 0.29) is 17.7 Å². The fraction of sp³-hybridized carbons (Fsp3) is 0.917. The van der Waals surface area contributed by atoms with Gasteiger partial charge in [0.05, 0.1) is 12.1 Å². The Bertz CT molecular complexity index is 315. The van der Waals surface area contributed by atoms with E-state index in [1.54, 1.807) is 0 Å². The molecule has 2 saturated heterocycles. The van der Waals surface area contributed by atoms with Crippen LogP contribution in [0.1, 0.15) is 33.6 Å². The van der Waals surface area contributed by atoms with E-state index < -0.39 is 5.60 Å². The van der Waals surface area contributed by atoms with Crippen molar-refractivity contribution in [3.8, 4) is 0 Å². The lowest BCUT2D eigenvalue weighted by atomic mass is 9.98. The van der Waals surface area contributed by atoms with E-state index in [0.29, 0.717) is 6.54 Å². The number of nitrogens with zero attached hydrogens (tertiary/aromatic N) is 1. The molecule has 2 unspecified atom stereocenters. The molecular formula is C12H20BrNO3. The quantitative estimate of drug-likeness (QED) is 0.699. The van der Waals surface area contributed by atoms with E-state index in [4.69, 9.17) is 9.47 Å². The first kappa shape index (κ1) is 13.1. The zero-order valence-electron chi connectivity index (χ0n) is 10.7. The monoisotopic (exact) mass is 305 g/mol. The second kappa shape index (κ2) is 4.43. The minimum absolute atomic E-state index is 0.195. The molecular weight excluding hydrogens is 286 g/mol. The summed E-state index contributed by atoms with van der Waals surface area (Å²) < 4.78 is 11.3. The Labute approximate surface area is 111 Å². The maximum atomic E-state index is 12.1. The molecule has 2 atom stereocenters. The van der Waals surface area contributed by atoms with Gasteiger partial charge < -0.3 is 14.4 Å². The number of carbonyl (C=O) groups excluding carboxylic acids is 1. The Morgan fingerprint density at radius 2 is 2.29 bits per heavy atom. The van der Waals surface area contributed by atoms with Crippen LogP contribution in [0.4, 0.5) is 4.79 Å².